The maximum atomic E-state index is 13.1. The summed E-state index contributed by atoms with van der Waals surface area (Å²) in [5.74, 6) is -0.756. The Bertz CT molecular complexity index is 1210. The fraction of sp³-hybridized carbons (Fsp3) is 0.423. The molecule has 2 aromatic carbocycles. The van der Waals surface area contributed by atoms with Crippen molar-refractivity contribution in [1.29, 1.82) is 0 Å². The lowest BCUT2D eigenvalue weighted by atomic mass is 9.87. The van der Waals surface area contributed by atoms with E-state index in [2.05, 4.69) is 20.8 Å². The highest BCUT2D eigenvalue weighted by Gasteiger charge is 2.35. The Morgan fingerprint density at radius 3 is 1.91 bits per heavy atom. The van der Waals surface area contributed by atoms with Crippen molar-refractivity contribution in [2.24, 2.45) is 0 Å². The van der Waals surface area contributed by atoms with Gasteiger partial charge in [0.25, 0.3) is 11.8 Å². The summed E-state index contributed by atoms with van der Waals surface area (Å²) in [6, 6.07) is 13.7. The van der Waals surface area contributed by atoms with Crippen LogP contribution in [0.2, 0.25) is 0 Å². The van der Waals surface area contributed by atoms with Gasteiger partial charge in [-0.3, -0.25) is 19.3 Å². The van der Waals surface area contributed by atoms with Crippen LogP contribution in [0.4, 0.5) is 0 Å². The topological polar surface area (TPSA) is 95.1 Å². The van der Waals surface area contributed by atoms with Crippen molar-refractivity contribution in [3.05, 3.63) is 65.2 Å². The van der Waals surface area contributed by atoms with E-state index in [1.54, 1.807) is 41.3 Å². The van der Waals surface area contributed by atoms with Crippen LogP contribution >= 0.6 is 0 Å². The summed E-state index contributed by atoms with van der Waals surface area (Å²) in [6.45, 7) is 7.49. The zero-order valence-electron chi connectivity index (χ0n) is 20.4. The first-order chi connectivity index (χ1) is 16.5. The molecule has 4 rings (SSSR count). The van der Waals surface area contributed by atoms with E-state index < -0.39 is 10.0 Å². The van der Waals surface area contributed by atoms with Crippen LogP contribution in [0.3, 0.4) is 0 Å². The summed E-state index contributed by atoms with van der Waals surface area (Å²) < 4.78 is 27.5. The lowest BCUT2D eigenvalue weighted by molar-refractivity contribution is -0.132. The monoisotopic (exact) mass is 497 g/mol. The van der Waals surface area contributed by atoms with E-state index in [4.69, 9.17) is 0 Å². The van der Waals surface area contributed by atoms with Gasteiger partial charge in [-0.2, -0.15) is 4.31 Å². The van der Waals surface area contributed by atoms with Crippen LogP contribution in [-0.4, -0.2) is 73.0 Å². The van der Waals surface area contributed by atoms with Crippen molar-refractivity contribution in [2.45, 2.75) is 43.9 Å². The number of nitrogens with zero attached hydrogens (tertiary/aromatic N) is 3. The van der Waals surface area contributed by atoms with Gasteiger partial charge in [0.05, 0.1) is 16.0 Å². The minimum absolute atomic E-state index is 0.0619. The van der Waals surface area contributed by atoms with Gasteiger partial charge >= 0.3 is 0 Å². The third kappa shape index (κ3) is 5.01. The quantitative estimate of drug-likeness (QED) is 0.572. The Morgan fingerprint density at radius 2 is 1.40 bits per heavy atom. The van der Waals surface area contributed by atoms with E-state index >= 15 is 0 Å². The molecule has 0 bridgehead atoms. The fourth-order valence-electron chi connectivity index (χ4n) is 4.44. The van der Waals surface area contributed by atoms with Crippen LogP contribution in [0, 0.1) is 0 Å². The number of fused-ring (bicyclic) bond motifs is 1. The third-order valence-electron chi connectivity index (χ3n) is 6.60. The summed E-state index contributed by atoms with van der Waals surface area (Å²) in [5, 5.41) is 0. The molecule has 2 aliphatic heterocycles. The molecule has 2 aromatic rings. The number of benzene rings is 2. The number of carbonyl (C=O) groups is 3. The highest BCUT2D eigenvalue weighted by Crippen LogP contribution is 2.26. The number of hydrogen-bond acceptors (Lipinski definition) is 5. The van der Waals surface area contributed by atoms with Crippen LogP contribution in [-0.2, 0) is 20.2 Å². The van der Waals surface area contributed by atoms with Gasteiger partial charge in [-0.1, -0.05) is 45.0 Å². The highest BCUT2D eigenvalue weighted by atomic mass is 32.2. The molecule has 0 spiro atoms. The molecule has 8 nitrogen and oxygen atoms in total. The number of hydrogen-bond donors (Lipinski definition) is 0. The Hall–Kier alpha value is -3.04. The zero-order valence-corrected chi connectivity index (χ0v) is 21.2. The SMILES string of the molecule is CC(C)(C)c1ccc(S(=O)(=O)N2CCN(C(=O)CCCN3C(=O)c4ccccc4C3=O)CC2)cc1. The number of imide groups is 1. The number of rotatable bonds is 6. The van der Waals surface area contributed by atoms with Crippen LogP contribution in [0.15, 0.2) is 53.4 Å². The van der Waals surface area contributed by atoms with Gasteiger partial charge in [0, 0.05) is 39.1 Å². The van der Waals surface area contributed by atoms with Crippen molar-refractivity contribution in [1.82, 2.24) is 14.1 Å². The molecule has 9 heteroatoms. The van der Waals surface area contributed by atoms with E-state index in [0.29, 0.717) is 30.6 Å². The van der Waals surface area contributed by atoms with E-state index in [1.165, 1.54) is 9.21 Å². The Labute approximate surface area is 206 Å². The Balaban J connectivity index is 1.27. The van der Waals surface area contributed by atoms with Crippen LogP contribution < -0.4 is 0 Å². The summed E-state index contributed by atoms with van der Waals surface area (Å²) in [4.78, 5) is 40.7. The molecule has 0 N–H and O–H groups in total. The number of piperazine rings is 1. The van der Waals surface area contributed by atoms with E-state index in [0.717, 1.165) is 5.56 Å². The van der Waals surface area contributed by atoms with Gasteiger partial charge in [-0.25, -0.2) is 8.42 Å². The molecule has 0 atom stereocenters. The molecular weight excluding hydrogens is 466 g/mol. The predicted octanol–water partition coefficient (Wildman–Crippen LogP) is 2.89. The molecule has 1 saturated heterocycles. The van der Waals surface area contributed by atoms with Gasteiger partial charge in [-0.05, 0) is 41.7 Å². The molecule has 3 amide bonds. The maximum Gasteiger partial charge on any atom is 0.261 e. The average molecular weight is 498 g/mol. The second-order valence-electron chi connectivity index (χ2n) is 9.97. The fourth-order valence-corrected chi connectivity index (χ4v) is 5.86. The number of sulfonamides is 1. The molecule has 0 aliphatic carbocycles. The van der Waals surface area contributed by atoms with E-state index in [-0.39, 0.29) is 54.1 Å². The van der Waals surface area contributed by atoms with Crippen molar-refractivity contribution >= 4 is 27.7 Å². The molecule has 0 unspecified atom stereocenters. The number of amides is 3. The lowest BCUT2D eigenvalue weighted by Gasteiger charge is -2.34. The smallest absolute Gasteiger partial charge is 0.261 e. The standard InChI is InChI=1S/C26H31N3O5S/c1-26(2,3)19-10-12-20(13-11-19)35(33,34)28-17-15-27(16-18-28)23(30)9-6-14-29-24(31)21-7-4-5-8-22(21)25(29)32/h4-5,7-8,10-13H,6,9,14-18H2,1-3H3. The van der Waals surface area contributed by atoms with Crippen molar-refractivity contribution in [2.75, 3.05) is 32.7 Å². The molecule has 0 saturated carbocycles. The lowest BCUT2D eigenvalue weighted by Crippen LogP contribution is -2.50. The van der Waals surface area contributed by atoms with Crippen LogP contribution in [0.5, 0.6) is 0 Å². The van der Waals surface area contributed by atoms with Crippen molar-refractivity contribution in [3.8, 4) is 0 Å². The Kier molecular flexibility index (Phi) is 6.83. The second-order valence-corrected chi connectivity index (χ2v) is 11.9. The Morgan fingerprint density at radius 1 is 0.857 bits per heavy atom. The van der Waals surface area contributed by atoms with Crippen LogP contribution in [0.1, 0.15) is 59.9 Å². The van der Waals surface area contributed by atoms with Crippen molar-refractivity contribution < 1.29 is 22.8 Å². The first-order valence-electron chi connectivity index (χ1n) is 11.8. The van der Waals surface area contributed by atoms with Gasteiger partial charge < -0.3 is 4.90 Å². The van der Waals surface area contributed by atoms with Gasteiger partial charge in [0.2, 0.25) is 15.9 Å². The normalized spacial score (nSPS) is 17.1. The molecule has 186 valence electrons. The summed E-state index contributed by atoms with van der Waals surface area (Å²) in [6.07, 6.45) is 0.553. The minimum Gasteiger partial charge on any atom is -0.340 e. The van der Waals surface area contributed by atoms with Gasteiger partial charge in [0.1, 0.15) is 0 Å². The molecule has 0 aromatic heterocycles. The summed E-state index contributed by atoms with van der Waals surface area (Å²) in [5.41, 5.74) is 1.80. The average Bonchev–Trinajstić information content (AvgIpc) is 3.08. The molecule has 0 radical (unpaired) electrons. The first kappa shape index (κ1) is 25.1. The third-order valence-corrected chi connectivity index (χ3v) is 8.51. The van der Waals surface area contributed by atoms with E-state index in [1.807, 2.05) is 12.1 Å². The van der Waals surface area contributed by atoms with Gasteiger partial charge in [0.15, 0.2) is 0 Å². The minimum atomic E-state index is -3.63. The van der Waals surface area contributed by atoms with Crippen LogP contribution in [0.25, 0.3) is 0 Å². The molecule has 2 aliphatic rings. The predicted molar refractivity (Wildman–Crippen MR) is 132 cm³/mol. The molecule has 35 heavy (non-hydrogen) atoms. The zero-order chi connectivity index (χ0) is 25.4. The summed E-state index contributed by atoms with van der Waals surface area (Å²) in [7, 11) is -3.63. The summed E-state index contributed by atoms with van der Waals surface area (Å²) >= 11 is 0. The largest absolute Gasteiger partial charge is 0.340 e. The maximum absolute atomic E-state index is 13.1. The van der Waals surface area contributed by atoms with Gasteiger partial charge in [-0.15, -0.1) is 0 Å². The molecule has 2 heterocycles. The van der Waals surface area contributed by atoms with E-state index in [9.17, 15) is 22.8 Å². The molecular formula is C26H31N3O5S. The number of carbonyl (C=O) groups excluding carboxylic acids is 3. The van der Waals surface area contributed by atoms with Crippen molar-refractivity contribution in [3.63, 3.8) is 0 Å². The highest BCUT2D eigenvalue weighted by molar-refractivity contribution is 7.89. The second kappa shape index (κ2) is 9.54. The molecule has 1 fully saturated rings. The first-order valence-corrected chi connectivity index (χ1v) is 13.3.